The molecule has 2 bridgehead atoms. The molecule has 15 heteroatoms. The van der Waals surface area contributed by atoms with Crippen molar-refractivity contribution in [2.45, 2.75) is 186 Å². The number of para-hydroxylation sites is 1. The third kappa shape index (κ3) is 16.2. The lowest BCUT2D eigenvalue weighted by Gasteiger charge is -2.44. The number of piperidine rings is 1. The summed E-state index contributed by atoms with van der Waals surface area (Å²) in [6, 6.07) is 8.03. The number of ether oxygens (including phenoxy) is 5. The standard InChI is InChI=1S/C58H89N3O12/c1-37-18-12-10-13-19-38(2)48(60(30-31-69-7)45-20-14-11-15-21-45)36-46-26-23-42(6)58(68,73-46)55(65)56(66)61-29-17-16-22-47(61)57(67)72-50(39(3)33-43-24-27-49(62)51(35-43)70-8)28-25-44(59)34-41(5)53(64)54(71-9)52(63)40(4)32-37/h10-15,18-21,34,37,39-40,42-44,46-51,53-54,62,64,68H,16-17,22-33,35-36,59H2,1-9H3/b13-10+,18-12+,38-19+,41-34+/t37-,39-,40?,42?,43?,44+,46?,47?,48-,49-,50+,51?,53?,54+,58?/m1/s1. The zero-order valence-corrected chi connectivity index (χ0v) is 45.2. The van der Waals surface area contributed by atoms with Crippen LogP contribution in [0.3, 0.4) is 0 Å². The number of carbonyl (C=O) groups is 4. The summed E-state index contributed by atoms with van der Waals surface area (Å²) < 4.78 is 29.7. The summed E-state index contributed by atoms with van der Waals surface area (Å²) in [4.78, 5) is 61.1. The van der Waals surface area contributed by atoms with E-state index in [4.69, 9.17) is 29.4 Å². The van der Waals surface area contributed by atoms with Crippen LogP contribution < -0.4 is 10.6 Å². The van der Waals surface area contributed by atoms with Gasteiger partial charge in [0.25, 0.3) is 11.7 Å². The summed E-state index contributed by atoms with van der Waals surface area (Å²) in [7, 11) is 4.67. The van der Waals surface area contributed by atoms with Crippen LogP contribution in [-0.4, -0.2) is 145 Å². The van der Waals surface area contributed by atoms with Crippen LogP contribution in [0.1, 0.15) is 125 Å². The molecule has 3 heterocycles. The minimum Gasteiger partial charge on any atom is -0.461 e. The Kier molecular flexibility index (Phi) is 23.5. The van der Waals surface area contributed by atoms with Crippen molar-refractivity contribution in [3.05, 3.63) is 77.9 Å². The fraction of sp³-hybridized carbons (Fsp3) is 0.690. The number of hydrogen-bond donors (Lipinski definition) is 4. The highest BCUT2D eigenvalue weighted by Crippen LogP contribution is 2.39. The Morgan fingerprint density at radius 1 is 0.863 bits per heavy atom. The van der Waals surface area contributed by atoms with Crippen molar-refractivity contribution >= 4 is 29.1 Å². The molecule has 1 aromatic carbocycles. The average molecular weight is 1020 g/mol. The number of nitrogens with zero attached hydrogens (tertiary/aromatic N) is 2. The molecule has 73 heavy (non-hydrogen) atoms. The molecule has 5 N–H and O–H groups in total. The lowest BCUT2D eigenvalue weighted by Crippen LogP contribution is -2.61. The second kappa shape index (κ2) is 28.7. The average Bonchev–Trinajstić information content (AvgIpc) is 3.38. The fourth-order valence-corrected chi connectivity index (χ4v) is 11.5. The van der Waals surface area contributed by atoms with Gasteiger partial charge in [0.15, 0.2) is 5.78 Å². The lowest BCUT2D eigenvalue weighted by molar-refractivity contribution is -0.263. The number of ketones is 2. The van der Waals surface area contributed by atoms with Crippen LogP contribution in [0.4, 0.5) is 5.69 Å². The summed E-state index contributed by atoms with van der Waals surface area (Å²) in [6.07, 6.45) is 13.9. The van der Waals surface area contributed by atoms with Crippen LogP contribution in [0.2, 0.25) is 0 Å². The van der Waals surface area contributed by atoms with Gasteiger partial charge in [-0.25, -0.2) is 4.79 Å². The Morgan fingerprint density at radius 3 is 2.30 bits per heavy atom. The van der Waals surface area contributed by atoms with E-state index in [0.717, 1.165) is 17.7 Å². The number of methoxy groups -OCH3 is 3. The maximum Gasteiger partial charge on any atom is 0.329 e. The third-order valence-electron chi connectivity index (χ3n) is 16.1. The molecule has 3 aliphatic heterocycles. The largest absolute Gasteiger partial charge is 0.461 e. The Hall–Kier alpha value is -4.06. The topological polar surface area (TPSA) is 208 Å². The molecule has 1 amide bonds. The van der Waals surface area contributed by atoms with Crippen molar-refractivity contribution in [3.63, 3.8) is 0 Å². The number of amides is 1. The van der Waals surface area contributed by atoms with Gasteiger partial charge in [0, 0.05) is 58.0 Å². The first-order chi connectivity index (χ1) is 34.8. The van der Waals surface area contributed by atoms with E-state index < -0.39 is 77.9 Å². The predicted molar refractivity (Wildman–Crippen MR) is 282 cm³/mol. The summed E-state index contributed by atoms with van der Waals surface area (Å²) in [6.45, 7) is 12.5. The molecule has 4 aliphatic rings. The van der Waals surface area contributed by atoms with Gasteiger partial charge in [-0.1, -0.05) is 87.9 Å². The van der Waals surface area contributed by atoms with Crippen molar-refractivity contribution in [1.82, 2.24) is 4.90 Å². The number of benzene rings is 1. The van der Waals surface area contributed by atoms with Gasteiger partial charge in [0.2, 0.25) is 5.79 Å². The van der Waals surface area contributed by atoms with Crippen LogP contribution in [0.5, 0.6) is 0 Å². The van der Waals surface area contributed by atoms with Crippen molar-refractivity contribution in [1.29, 1.82) is 0 Å². The first kappa shape index (κ1) is 59.8. The van der Waals surface area contributed by atoms with Crippen LogP contribution in [0.25, 0.3) is 0 Å². The van der Waals surface area contributed by atoms with Gasteiger partial charge in [0.1, 0.15) is 24.4 Å². The Morgan fingerprint density at radius 2 is 1.60 bits per heavy atom. The van der Waals surface area contributed by atoms with E-state index in [0.29, 0.717) is 89.4 Å². The van der Waals surface area contributed by atoms with Gasteiger partial charge in [-0.3, -0.25) is 14.4 Å². The number of fused-ring (bicyclic) bond motifs is 3. The normalized spacial score (nSPS) is 37.2. The third-order valence-corrected chi connectivity index (χ3v) is 16.1. The van der Waals surface area contributed by atoms with Gasteiger partial charge in [0.05, 0.1) is 31.0 Å². The number of nitrogens with two attached hydrogens (primary N) is 1. The number of anilines is 1. The van der Waals surface area contributed by atoms with E-state index in [1.165, 1.54) is 12.0 Å². The molecule has 5 rings (SSSR count). The molecule has 0 aromatic heterocycles. The minimum atomic E-state index is -2.44. The molecular weight excluding hydrogens is 931 g/mol. The van der Waals surface area contributed by atoms with Crippen LogP contribution in [0, 0.1) is 29.6 Å². The molecule has 0 spiro atoms. The molecule has 2 saturated heterocycles. The smallest absolute Gasteiger partial charge is 0.329 e. The predicted octanol–water partition coefficient (Wildman–Crippen LogP) is 7.20. The summed E-state index contributed by atoms with van der Waals surface area (Å²) in [5.74, 6) is -6.44. The van der Waals surface area contributed by atoms with Crippen molar-refractivity contribution in [2.24, 2.45) is 35.3 Å². The Bertz CT molecular complexity index is 2060. The lowest BCUT2D eigenvalue weighted by atomic mass is 9.78. The van der Waals surface area contributed by atoms with Gasteiger partial charge in [-0.05, 0) is 133 Å². The molecule has 1 aromatic rings. The molecule has 8 unspecified atom stereocenters. The van der Waals surface area contributed by atoms with Gasteiger partial charge in [-0.2, -0.15) is 0 Å². The van der Waals surface area contributed by atoms with Gasteiger partial charge >= 0.3 is 5.97 Å². The SMILES string of the molecule is COCCN(c1ccccc1)[C@@H]1CC2CCC(C)C(O)(O2)C(=O)C(=O)N2CCCCC2C(=O)O[C@H]([C@H](C)CC2CC[C@@H](O)C(OC)C2)CC[C@H](N)/C=C(\C)C(O)[C@@H](OC)C(=O)C(C)C[C@H](C)/C=C/C=C/C=C/1C. The van der Waals surface area contributed by atoms with E-state index >= 15 is 0 Å². The second-order valence-corrected chi connectivity index (χ2v) is 21.7. The highest BCUT2D eigenvalue weighted by molar-refractivity contribution is 6.39. The van der Waals surface area contributed by atoms with E-state index in [1.54, 1.807) is 34.1 Å². The highest BCUT2D eigenvalue weighted by atomic mass is 16.6. The van der Waals surface area contributed by atoms with Crippen molar-refractivity contribution < 1.29 is 58.2 Å². The number of rotatable bonds is 10. The minimum absolute atomic E-state index is 0.0234. The molecule has 0 radical (unpaired) electrons. The van der Waals surface area contributed by atoms with E-state index in [9.17, 15) is 34.5 Å². The first-order valence-electron chi connectivity index (χ1n) is 27.0. The fourth-order valence-electron chi connectivity index (χ4n) is 11.5. The summed E-state index contributed by atoms with van der Waals surface area (Å²) in [5, 5.41) is 34.4. The van der Waals surface area contributed by atoms with Crippen LogP contribution >= 0.6 is 0 Å². The van der Waals surface area contributed by atoms with Crippen molar-refractivity contribution in [2.75, 3.05) is 45.9 Å². The molecule has 1 saturated carbocycles. The second-order valence-electron chi connectivity index (χ2n) is 21.7. The molecule has 408 valence electrons. The highest BCUT2D eigenvalue weighted by Gasteiger charge is 2.53. The molecule has 15 nitrogen and oxygen atoms in total. The summed E-state index contributed by atoms with van der Waals surface area (Å²) in [5.41, 5.74) is 9.15. The van der Waals surface area contributed by atoms with E-state index in [1.807, 2.05) is 88.4 Å². The quantitative estimate of drug-likeness (QED) is 0.104. The number of Topliss-reactive ketones (excluding diaryl/α,β-unsaturated/α-hetero) is 2. The first-order valence-corrected chi connectivity index (χ1v) is 27.0. The zero-order valence-electron chi connectivity index (χ0n) is 45.2. The number of allylic oxidation sites excluding steroid dienone is 5. The Labute approximate surface area is 435 Å². The van der Waals surface area contributed by atoms with Crippen LogP contribution in [-0.2, 0) is 42.9 Å². The number of hydrogen-bond acceptors (Lipinski definition) is 14. The molecule has 15 atom stereocenters. The maximum absolute atomic E-state index is 14.6. The number of aliphatic hydroxyl groups is 3. The van der Waals surface area contributed by atoms with Crippen LogP contribution in [0.15, 0.2) is 77.9 Å². The molecule has 3 fully saturated rings. The monoisotopic (exact) mass is 1020 g/mol. The van der Waals surface area contributed by atoms with E-state index in [-0.39, 0.29) is 48.6 Å². The number of cyclic esters (lactones) is 1. The number of carbonyl (C=O) groups excluding carboxylic acids is 4. The van der Waals surface area contributed by atoms with E-state index in [2.05, 4.69) is 4.90 Å². The summed E-state index contributed by atoms with van der Waals surface area (Å²) >= 11 is 0. The van der Waals surface area contributed by atoms with Gasteiger partial charge in [-0.15, -0.1) is 0 Å². The van der Waals surface area contributed by atoms with Gasteiger partial charge < -0.3 is 54.5 Å². The number of aliphatic hydroxyl groups excluding tert-OH is 2. The Balaban J connectivity index is 1.52. The maximum atomic E-state index is 14.6. The zero-order chi connectivity index (χ0) is 53.4. The molecule has 1 aliphatic carbocycles. The number of esters is 1. The molecular formula is C58H89N3O12. The van der Waals surface area contributed by atoms with Crippen molar-refractivity contribution in [3.8, 4) is 0 Å².